The summed E-state index contributed by atoms with van der Waals surface area (Å²) in [5.41, 5.74) is 2.15. The highest BCUT2D eigenvalue weighted by Gasteiger charge is 2.47. The van der Waals surface area contributed by atoms with Gasteiger partial charge < -0.3 is 14.4 Å². The van der Waals surface area contributed by atoms with Gasteiger partial charge in [-0.3, -0.25) is 9.59 Å². The number of ether oxygens (including phenoxy) is 2. The molecule has 1 unspecified atom stereocenters. The predicted octanol–water partition coefficient (Wildman–Crippen LogP) is 3.77. The van der Waals surface area contributed by atoms with Gasteiger partial charge in [-0.05, 0) is 40.8 Å². The molecular weight excluding hydrogens is 390 g/mol. The Morgan fingerprint density at radius 1 is 0.968 bits per heavy atom. The van der Waals surface area contributed by atoms with Crippen LogP contribution in [0.15, 0.2) is 72.8 Å². The molecule has 0 saturated carbocycles. The van der Waals surface area contributed by atoms with Crippen molar-refractivity contribution in [1.29, 1.82) is 0 Å². The standard InChI is InChI=1S/C26H25NO4/c1-30-23-16-20-13-14-27(25(29)15-19-9-5-3-6-10-19)26(18-28,21-11-7-4-8-12-21)22(20)17-24(23)31-2/h3-12,16-18H,13-15H2,1-2H3. The Balaban J connectivity index is 1.89. The first-order chi connectivity index (χ1) is 15.1. The Labute approximate surface area is 182 Å². The lowest BCUT2D eigenvalue weighted by molar-refractivity contribution is -0.140. The largest absolute Gasteiger partial charge is 0.493 e. The minimum atomic E-state index is -1.24. The van der Waals surface area contributed by atoms with E-state index in [1.54, 1.807) is 19.1 Å². The smallest absolute Gasteiger partial charge is 0.228 e. The summed E-state index contributed by atoms with van der Waals surface area (Å²) in [6.07, 6.45) is 1.74. The Hall–Kier alpha value is -3.60. The fourth-order valence-electron chi connectivity index (χ4n) is 4.42. The SMILES string of the molecule is COc1cc2c(cc1OC)C(C=O)(c1ccccc1)N(C(=O)Cc1ccccc1)CC2. The van der Waals surface area contributed by atoms with E-state index in [0.717, 1.165) is 28.5 Å². The first-order valence-electron chi connectivity index (χ1n) is 10.3. The predicted molar refractivity (Wildman–Crippen MR) is 118 cm³/mol. The normalized spacial score (nSPS) is 17.5. The summed E-state index contributed by atoms with van der Waals surface area (Å²) < 4.78 is 11.0. The van der Waals surface area contributed by atoms with Crippen LogP contribution >= 0.6 is 0 Å². The highest BCUT2D eigenvalue weighted by atomic mass is 16.5. The second-order valence-electron chi connectivity index (χ2n) is 7.57. The highest BCUT2D eigenvalue weighted by molar-refractivity contribution is 5.88. The van der Waals surface area contributed by atoms with Gasteiger partial charge in [0, 0.05) is 6.54 Å². The van der Waals surface area contributed by atoms with Crippen LogP contribution in [0.3, 0.4) is 0 Å². The first kappa shape index (κ1) is 20.7. The van der Waals surface area contributed by atoms with E-state index in [1.807, 2.05) is 72.8 Å². The van der Waals surface area contributed by atoms with Gasteiger partial charge in [0.2, 0.25) is 5.91 Å². The van der Waals surface area contributed by atoms with Crippen LogP contribution in [0.1, 0.15) is 22.3 Å². The zero-order chi connectivity index (χ0) is 21.8. The van der Waals surface area contributed by atoms with Crippen molar-refractivity contribution in [2.75, 3.05) is 20.8 Å². The lowest BCUT2D eigenvalue weighted by Crippen LogP contribution is -2.55. The Bertz CT molecular complexity index is 1080. The van der Waals surface area contributed by atoms with Crippen molar-refractivity contribution in [3.05, 3.63) is 95.1 Å². The number of amides is 1. The van der Waals surface area contributed by atoms with E-state index >= 15 is 0 Å². The van der Waals surface area contributed by atoms with Crippen LogP contribution in [0.25, 0.3) is 0 Å². The van der Waals surface area contributed by atoms with Crippen LogP contribution < -0.4 is 9.47 Å². The van der Waals surface area contributed by atoms with Crippen LogP contribution in [0.5, 0.6) is 11.5 Å². The maximum atomic E-state index is 13.5. The summed E-state index contributed by atoms with van der Waals surface area (Å²) in [5.74, 6) is 1.04. The third-order valence-electron chi connectivity index (χ3n) is 5.93. The van der Waals surface area contributed by atoms with E-state index in [9.17, 15) is 9.59 Å². The number of hydrogen-bond donors (Lipinski definition) is 0. The summed E-state index contributed by atoms with van der Waals surface area (Å²) in [7, 11) is 3.16. The molecule has 3 aromatic rings. The minimum Gasteiger partial charge on any atom is -0.493 e. The molecule has 0 aromatic heterocycles. The zero-order valence-corrected chi connectivity index (χ0v) is 17.7. The van der Waals surface area contributed by atoms with Crippen molar-refractivity contribution in [3.63, 3.8) is 0 Å². The Morgan fingerprint density at radius 2 is 1.58 bits per heavy atom. The fraction of sp³-hybridized carbons (Fsp3) is 0.231. The molecule has 0 saturated heterocycles. The van der Waals surface area contributed by atoms with Gasteiger partial charge in [0.25, 0.3) is 0 Å². The molecule has 31 heavy (non-hydrogen) atoms. The molecule has 5 nitrogen and oxygen atoms in total. The third kappa shape index (κ3) is 3.56. The van der Waals surface area contributed by atoms with E-state index in [2.05, 4.69) is 0 Å². The summed E-state index contributed by atoms with van der Waals surface area (Å²) in [5, 5.41) is 0. The second-order valence-corrected chi connectivity index (χ2v) is 7.57. The van der Waals surface area contributed by atoms with Gasteiger partial charge in [-0.1, -0.05) is 60.7 Å². The molecular formula is C26H25NO4. The van der Waals surface area contributed by atoms with Gasteiger partial charge in [0.1, 0.15) is 5.54 Å². The number of benzene rings is 3. The molecule has 0 radical (unpaired) electrons. The van der Waals surface area contributed by atoms with Gasteiger partial charge in [-0.15, -0.1) is 0 Å². The van der Waals surface area contributed by atoms with Crippen LogP contribution in [0.4, 0.5) is 0 Å². The Morgan fingerprint density at radius 3 is 2.19 bits per heavy atom. The molecule has 158 valence electrons. The molecule has 4 rings (SSSR count). The van der Waals surface area contributed by atoms with Crippen molar-refractivity contribution in [2.24, 2.45) is 0 Å². The molecule has 0 fully saturated rings. The van der Waals surface area contributed by atoms with Crippen LogP contribution in [0, 0.1) is 0 Å². The van der Waals surface area contributed by atoms with E-state index in [1.165, 1.54) is 0 Å². The maximum absolute atomic E-state index is 13.5. The highest BCUT2D eigenvalue weighted by Crippen LogP contribution is 2.44. The monoisotopic (exact) mass is 415 g/mol. The molecule has 0 spiro atoms. The van der Waals surface area contributed by atoms with Crippen LogP contribution in [-0.4, -0.2) is 37.9 Å². The maximum Gasteiger partial charge on any atom is 0.228 e. The van der Waals surface area contributed by atoms with Crippen LogP contribution in [0.2, 0.25) is 0 Å². The molecule has 5 heteroatoms. The molecule has 0 aliphatic carbocycles. The van der Waals surface area contributed by atoms with Crippen molar-refractivity contribution in [1.82, 2.24) is 4.90 Å². The number of carbonyl (C=O) groups is 2. The number of fused-ring (bicyclic) bond motifs is 1. The number of hydrogen-bond acceptors (Lipinski definition) is 4. The van der Waals surface area contributed by atoms with E-state index < -0.39 is 5.54 Å². The van der Waals surface area contributed by atoms with Crippen molar-refractivity contribution >= 4 is 12.2 Å². The number of nitrogens with zero attached hydrogens (tertiary/aromatic N) is 1. The molecule has 1 aliphatic rings. The average Bonchev–Trinajstić information content (AvgIpc) is 2.83. The van der Waals surface area contributed by atoms with Gasteiger partial charge in [-0.2, -0.15) is 0 Å². The number of methoxy groups -OCH3 is 2. The minimum absolute atomic E-state index is 0.0948. The number of aldehydes is 1. The Kier molecular flexibility index (Phi) is 5.76. The van der Waals surface area contributed by atoms with Crippen LogP contribution in [-0.2, 0) is 28.0 Å². The lowest BCUT2D eigenvalue weighted by atomic mass is 9.76. The lowest BCUT2D eigenvalue weighted by Gasteiger charge is -2.45. The molecule has 0 bridgehead atoms. The average molecular weight is 415 g/mol. The summed E-state index contributed by atoms with van der Waals surface area (Å²) in [6.45, 7) is 0.432. The fourth-order valence-corrected chi connectivity index (χ4v) is 4.42. The first-order valence-corrected chi connectivity index (χ1v) is 10.3. The van der Waals surface area contributed by atoms with Crippen molar-refractivity contribution in [3.8, 4) is 11.5 Å². The summed E-state index contributed by atoms with van der Waals surface area (Å²) in [6, 6.07) is 22.8. The number of carbonyl (C=O) groups excluding carboxylic acids is 2. The molecule has 3 aromatic carbocycles. The van der Waals surface area contributed by atoms with Crippen molar-refractivity contribution in [2.45, 2.75) is 18.4 Å². The zero-order valence-electron chi connectivity index (χ0n) is 17.7. The van der Waals surface area contributed by atoms with E-state index in [4.69, 9.17) is 9.47 Å². The molecule has 1 heterocycles. The van der Waals surface area contributed by atoms with Gasteiger partial charge in [0.15, 0.2) is 17.8 Å². The molecule has 1 aliphatic heterocycles. The van der Waals surface area contributed by atoms with Gasteiger partial charge in [0.05, 0.1) is 20.6 Å². The molecule has 0 N–H and O–H groups in total. The third-order valence-corrected chi connectivity index (χ3v) is 5.93. The van der Waals surface area contributed by atoms with Crippen molar-refractivity contribution < 1.29 is 19.1 Å². The summed E-state index contributed by atoms with van der Waals surface area (Å²) in [4.78, 5) is 28.1. The number of rotatable bonds is 6. The van der Waals surface area contributed by atoms with E-state index in [-0.39, 0.29) is 12.3 Å². The second kappa shape index (κ2) is 8.64. The topological polar surface area (TPSA) is 55.8 Å². The van der Waals surface area contributed by atoms with E-state index in [0.29, 0.717) is 24.5 Å². The molecule has 1 atom stereocenters. The molecule has 1 amide bonds. The van der Waals surface area contributed by atoms with Gasteiger partial charge >= 0.3 is 0 Å². The van der Waals surface area contributed by atoms with Gasteiger partial charge in [-0.25, -0.2) is 0 Å². The summed E-state index contributed by atoms with van der Waals surface area (Å²) >= 11 is 0. The quantitative estimate of drug-likeness (QED) is 0.575.